The van der Waals surface area contributed by atoms with Gasteiger partial charge in [0.05, 0.1) is 11.6 Å². The standard InChI is InChI=1S/C19H13Cl2F3N2O2/c20-11-2-3-15-13(8-11)12-5-6-26(9-16(12)25-15)18(27)10-1-4-17(14(21)7-10)28-19(22,23)24/h1-4,7-8,25H,5-6,9H2. The number of aromatic nitrogens is 1. The van der Waals surface area contributed by atoms with Crippen molar-refractivity contribution < 1.29 is 22.7 Å². The Labute approximate surface area is 167 Å². The lowest BCUT2D eigenvalue weighted by atomic mass is 10.0. The first-order valence-corrected chi connectivity index (χ1v) is 9.10. The van der Waals surface area contributed by atoms with E-state index in [-0.39, 0.29) is 16.5 Å². The van der Waals surface area contributed by atoms with E-state index in [0.29, 0.717) is 24.5 Å². The predicted octanol–water partition coefficient (Wildman–Crippen LogP) is 5.57. The lowest BCUT2D eigenvalue weighted by Crippen LogP contribution is -2.35. The van der Waals surface area contributed by atoms with E-state index in [1.807, 2.05) is 12.1 Å². The zero-order valence-electron chi connectivity index (χ0n) is 14.2. The Kier molecular flexibility index (Phi) is 4.67. The van der Waals surface area contributed by atoms with E-state index < -0.39 is 12.1 Å². The number of rotatable bonds is 2. The molecule has 0 unspecified atom stereocenters. The summed E-state index contributed by atoms with van der Waals surface area (Å²) in [6.45, 7) is 0.836. The molecule has 0 radical (unpaired) electrons. The van der Waals surface area contributed by atoms with Gasteiger partial charge >= 0.3 is 6.36 Å². The number of carbonyl (C=O) groups is 1. The molecule has 1 aliphatic heterocycles. The second kappa shape index (κ2) is 6.90. The first kappa shape index (κ1) is 19.0. The molecular weight excluding hydrogens is 416 g/mol. The van der Waals surface area contributed by atoms with Gasteiger partial charge in [-0.15, -0.1) is 13.2 Å². The third-order valence-electron chi connectivity index (χ3n) is 4.63. The summed E-state index contributed by atoms with van der Waals surface area (Å²) in [5.74, 6) is -0.859. The number of nitrogens with one attached hydrogen (secondary N) is 1. The Morgan fingerprint density at radius 2 is 1.93 bits per heavy atom. The molecule has 0 fully saturated rings. The molecule has 0 aliphatic carbocycles. The predicted molar refractivity (Wildman–Crippen MR) is 99.9 cm³/mol. The van der Waals surface area contributed by atoms with E-state index in [9.17, 15) is 18.0 Å². The summed E-state index contributed by atoms with van der Waals surface area (Å²) >= 11 is 11.9. The molecule has 3 aromatic rings. The summed E-state index contributed by atoms with van der Waals surface area (Å²) in [5.41, 5.74) is 3.18. The van der Waals surface area contributed by atoms with Crippen LogP contribution < -0.4 is 4.74 Å². The summed E-state index contributed by atoms with van der Waals surface area (Å²) in [6, 6.07) is 9.08. The smallest absolute Gasteiger partial charge is 0.404 e. The number of H-pyrrole nitrogens is 1. The van der Waals surface area contributed by atoms with Gasteiger partial charge in [-0.2, -0.15) is 0 Å². The number of hydrogen-bond donors (Lipinski definition) is 1. The van der Waals surface area contributed by atoms with Crippen LogP contribution in [0.3, 0.4) is 0 Å². The van der Waals surface area contributed by atoms with Crippen LogP contribution in [0.5, 0.6) is 5.75 Å². The van der Waals surface area contributed by atoms with E-state index in [2.05, 4.69) is 9.72 Å². The second-order valence-electron chi connectivity index (χ2n) is 6.44. The molecule has 146 valence electrons. The van der Waals surface area contributed by atoms with Gasteiger partial charge in [-0.25, -0.2) is 0 Å². The van der Waals surface area contributed by atoms with Crippen LogP contribution in [-0.4, -0.2) is 28.7 Å². The van der Waals surface area contributed by atoms with E-state index in [0.717, 1.165) is 28.2 Å². The van der Waals surface area contributed by atoms with Crippen LogP contribution in [0.25, 0.3) is 10.9 Å². The average molecular weight is 429 g/mol. The molecule has 28 heavy (non-hydrogen) atoms. The number of alkyl halides is 3. The van der Waals surface area contributed by atoms with Gasteiger partial charge in [0, 0.05) is 33.7 Å². The fraction of sp³-hybridized carbons (Fsp3) is 0.211. The summed E-state index contributed by atoms with van der Waals surface area (Å²) < 4.78 is 40.9. The molecule has 0 saturated heterocycles. The first-order valence-electron chi connectivity index (χ1n) is 8.35. The number of fused-ring (bicyclic) bond motifs is 3. The highest BCUT2D eigenvalue weighted by atomic mass is 35.5. The molecule has 0 atom stereocenters. The van der Waals surface area contributed by atoms with Gasteiger partial charge < -0.3 is 14.6 Å². The molecule has 0 bridgehead atoms. The molecule has 4 rings (SSSR count). The van der Waals surface area contributed by atoms with E-state index in [1.165, 1.54) is 12.1 Å². The van der Waals surface area contributed by atoms with Gasteiger partial charge in [0.25, 0.3) is 5.91 Å². The Hall–Kier alpha value is -2.38. The van der Waals surface area contributed by atoms with Crippen LogP contribution >= 0.6 is 23.2 Å². The number of hydrogen-bond acceptors (Lipinski definition) is 2. The van der Waals surface area contributed by atoms with Gasteiger partial charge in [0.2, 0.25) is 0 Å². The molecule has 1 aliphatic rings. The second-order valence-corrected chi connectivity index (χ2v) is 7.29. The highest BCUT2D eigenvalue weighted by Crippen LogP contribution is 2.33. The molecule has 0 spiro atoms. The van der Waals surface area contributed by atoms with Crippen LogP contribution in [0.4, 0.5) is 13.2 Å². The van der Waals surface area contributed by atoms with Crippen molar-refractivity contribution in [2.24, 2.45) is 0 Å². The monoisotopic (exact) mass is 428 g/mol. The number of ether oxygens (including phenoxy) is 1. The normalized spacial score (nSPS) is 14.2. The van der Waals surface area contributed by atoms with Crippen LogP contribution in [0.2, 0.25) is 10.0 Å². The van der Waals surface area contributed by atoms with Crippen molar-refractivity contribution in [1.29, 1.82) is 0 Å². The van der Waals surface area contributed by atoms with Crippen molar-refractivity contribution in [3.05, 3.63) is 63.3 Å². The number of amides is 1. The quantitative estimate of drug-likeness (QED) is 0.579. The van der Waals surface area contributed by atoms with Gasteiger partial charge in [-0.1, -0.05) is 23.2 Å². The van der Waals surface area contributed by atoms with Gasteiger partial charge in [-0.3, -0.25) is 4.79 Å². The number of aromatic amines is 1. The fourth-order valence-corrected chi connectivity index (χ4v) is 3.80. The zero-order chi connectivity index (χ0) is 20.1. The molecular formula is C19H13Cl2F3N2O2. The average Bonchev–Trinajstić information content (AvgIpc) is 2.98. The molecule has 4 nitrogen and oxygen atoms in total. The summed E-state index contributed by atoms with van der Waals surface area (Å²) in [6.07, 6.45) is -4.21. The SMILES string of the molecule is O=C(c1ccc(OC(F)(F)F)c(Cl)c1)N1CCc2c([nH]c3ccc(Cl)cc23)C1. The summed E-state index contributed by atoms with van der Waals surface area (Å²) in [4.78, 5) is 17.7. The van der Waals surface area contributed by atoms with Crippen molar-refractivity contribution in [1.82, 2.24) is 9.88 Å². The van der Waals surface area contributed by atoms with Crippen molar-refractivity contribution in [2.75, 3.05) is 6.54 Å². The molecule has 0 saturated carbocycles. The Morgan fingerprint density at radius 3 is 2.64 bits per heavy atom. The lowest BCUT2D eigenvalue weighted by Gasteiger charge is -2.27. The lowest BCUT2D eigenvalue weighted by molar-refractivity contribution is -0.274. The van der Waals surface area contributed by atoms with Gasteiger partial charge in [-0.05, 0) is 48.4 Å². The highest BCUT2D eigenvalue weighted by Gasteiger charge is 2.32. The van der Waals surface area contributed by atoms with Crippen LogP contribution in [-0.2, 0) is 13.0 Å². The van der Waals surface area contributed by atoms with E-state index in [4.69, 9.17) is 23.2 Å². The number of benzene rings is 2. The van der Waals surface area contributed by atoms with E-state index in [1.54, 1.807) is 11.0 Å². The van der Waals surface area contributed by atoms with Gasteiger partial charge in [0.1, 0.15) is 5.75 Å². The minimum Gasteiger partial charge on any atom is -0.404 e. The molecule has 1 amide bonds. The minimum atomic E-state index is -4.85. The molecule has 1 aromatic heterocycles. The van der Waals surface area contributed by atoms with Crippen LogP contribution in [0, 0.1) is 0 Å². The zero-order valence-corrected chi connectivity index (χ0v) is 15.8. The molecule has 1 N–H and O–H groups in total. The maximum absolute atomic E-state index is 12.8. The summed E-state index contributed by atoms with van der Waals surface area (Å²) in [7, 11) is 0. The maximum Gasteiger partial charge on any atom is 0.573 e. The van der Waals surface area contributed by atoms with Gasteiger partial charge in [0.15, 0.2) is 0 Å². The van der Waals surface area contributed by atoms with Crippen molar-refractivity contribution in [3.8, 4) is 5.75 Å². The number of carbonyl (C=O) groups excluding carboxylic acids is 1. The number of nitrogens with zero attached hydrogens (tertiary/aromatic N) is 1. The Balaban J connectivity index is 1.57. The topological polar surface area (TPSA) is 45.3 Å². The molecule has 9 heteroatoms. The minimum absolute atomic E-state index is 0.196. The van der Waals surface area contributed by atoms with Crippen molar-refractivity contribution in [2.45, 2.75) is 19.3 Å². The van der Waals surface area contributed by atoms with E-state index >= 15 is 0 Å². The molecule has 2 aromatic carbocycles. The largest absolute Gasteiger partial charge is 0.573 e. The Bertz CT molecular complexity index is 1080. The Morgan fingerprint density at radius 1 is 1.14 bits per heavy atom. The van der Waals surface area contributed by atoms with Crippen molar-refractivity contribution in [3.63, 3.8) is 0 Å². The third-order valence-corrected chi connectivity index (χ3v) is 5.16. The van der Waals surface area contributed by atoms with Crippen molar-refractivity contribution >= 4 is 40.0 Å². The fourth-order valence-electron chi connectivity index (χ4n) is 3.41. The number of halogens is 5. The summed E-state index contributed by atoms with van der Waals surface area (Å²) in [5, 5.41) is 1.40. The maximum atomic E-state index is 12.8. The third kappa shape index (κ3) is 3.64. The highest BCUT2D eigenvalue weighted by molar-refractivity contribution is 6.32. The first-order chi connectivity index (χ1) is 13.2. The van der Waals surface area contributed by atoms with Crippen LogP contribution in [0.1, 0.15) is 21.6 Å². The molecule has 2 heterocycles. The van der Waals surface area contributed by atoms with Crippen LogP contribution in [0.15, 0.2) is 36.4 Å².